The van der Waals surface area contributed by atoms with Crippen molar-refractivity contribution in [2.75, 3.05) is 27.3 Å². The molecule has 0 spiro atoms. The van der Waals surface area contributed by atoms with E-state index in [4.69, 9.17) is 9.72 Å². The fourth-order valence-corrected chi connectivity index (χ4v) is 6.61. The Bertz CT molecular complexity index is 1440. The second kappa shape index (κ2) is 10.2. The number of aromatic nitrogens is 4. The highest BCUT2D eigenvalue weighted by Gasteiger charge is 2.27. The van der Waals surface area contributed by atoms with Crippen molar-refractivity contribution in [3.63, 3.8) is 0 Å². The molecule has 3 aromatic heterocycles. The van der Waals surface area contributed by atoms with E-state index >= 15 is 0 Å². The van der Waals surface area contributed by atoms with Crippen molar-refractivity contribution in [2.24, 2.45) is 7.05 Å². The standard InChI is InChI=1S/C27H33N5O3S/c1-30(13-14-35-3)23-11-9-20(10-12-23)21-15-25-26(22-17-29-31(2)18-22)19-32(27(25)28-16-21)36(33,34)24-7-5-4-6-8-24/h4-8,15-20,23H,9-14H2,1-3H3. The van der Waals surface area contributed by atoms with Gasteiger partial charge in [-0.3, -0.25) is 4.68 Å². The van der Waals surface area contributed by atoms with Crippen molar-refractivity contribution in [2.45, 2.75) is 42.5 Å². The second-order valence-corrected chi connectivity index (χ2v) is 11.5. The van der Waals surface area contributed by atoms with Crippen LogP contribution < -0.4 is 0 Å². The van der Waals surface area contributed by atoms with E-state index in [1.807, 2.05) is 25.5 Å². The normalized spacial score (nSPS) is 18.8. The smallest absolute Gasteiger partial charge is 0.269 e. The number of aryl methyl sites for hydroxylation is 1. The van der Waals surface area contributed by atoms with Crippen molar-refractivity contribution in [1.82, 2.24) is 23.6 Å². The average Bonchev–Trinajstić information content (AvgIpc) is 3.51. The zero-order chi connectivity index (χ0) is 25.3. The molecule has 0 N–H and O–H groups in total. The van der Waals surface area contributed by atoms with Gasteiger partial charge in [-0.2, -0.15) is 5.10 Å². The van der Waals surface area contributed by atoms with Crippen LogP contribution in [-0.4, -0.2) is 65.4 Å². The van der Waals surface area contributed by atoms with Crippen molar-refractivity contribution < 1.29 is 13.2 Å². The van der Waals surface area contributed by atoms with E-state index in [0.717, 1.165) is 55.3 Å². The Morgan fingerprint density at radius 2 is 1.83 bits per heavy atom. The molecule has 1 aromatic carbocycles. The Hall–Kier alpha value is -3.01. The number of fused-ring (bicyclic) bond motifs is 1. The molecule has 3 heterocycles. The lowest BCUT2D eigenvalue weighted by atomic mass is 9.81. The fraction of sp³-hybridized carbons (Fsp3) is 0.407. The number of hydrogen-bond donors (Lipinski definition) is 0. The first-order valence-corrected chi connectivity index (χ1v) is 13.8. The third kappa shape index (κ3) is 4.70. The van der Waals surface area contributed by atoms with E-state index in [1.165, 1.54) is 9.54 Å². The van der Waals surface area contributed by atoms with Gasteiger partial charge in [-0.05, 0) is 62.4 Å². The second-order valence-electron chi connectivity index (χ2n) is 9.68. The summed E-state index contributed by atoms with van der Waals surface area (Å²) in [5.41, 5.74) is 3.29. The predicted molar refractivity (Wildman–Crippen MR) is 140 cm³/mol. The number of rotatable bonds is 8. The Morgan fingerprint density at radius 1 is 1.08 bits per heavy atom. The molecule has 4 aromatic rings. The van der Waals surface area contributed by atoms with Crippen molar-refractivity contribution in [3.8, 4) is 11.1 Å². The SMILES string of the molecule is COCCN(C)C1CCC(c2cnc3c(c2)c(-c2cnn(C)c2)cn3S(=O)(=O)c2ccccc2)CC1. The summed E-state index contributed by atoms with van der Waals surface area (Å²) in [6, 6.07) is 11.2. The molecule has 0 unspecified atom stereocenters. The van der Waals surface area contributed by atoms with Crippen LogP contribution in [0.1, 0.15) is 37.2 Å². The predicted octanol–water partition coefficient (Wildman–Crippen LogP) is 4.28. The van der Waals surface area contributed by atoms with Crippen LogP contribution in [0.25, 0.3) is 22.2 Å². The van der Waals surface area contributed by atoms with Crippen LogP contribution in [0.2, 0.25) is 0 Å². The molecular weight excluding hydrogens is 474 g/mol. The van der Waals surface area contributed by atoms with E-state index in [9.17, 15) is 8.42 Å². The average molecular weight is 508 g/mol. The first-order chi connectivity index (χ1) is 17.4. The van der Waals surface area contributed by atoms with Crippen molar-refractivity contribution in [3.05, 3.63) is 66.7 Å². The van der Waals surface area contributed by atoms with E-state index in [1.54, 1.807) is 48.5 Å². The third-order valence-corrected chi connectivity index (χ3v) is 9.05. The Kier molecular flexibility index (Phi) is 6.96. The number of nitrogens with zero attached hydrogens (tertiary/aromatic N) is 5. The number of methoxy groups -OCH3 is 1. The summed E-state index contributed by atoms with van der Waals surface area (Å²) in [7, 11) is 1.98. The summed E-state index contributed by atoms with van der Waals surface area (Å²) < 4.78 is 35.4. The maximum atomic E-state index is 13.5. The Balaban J connectivity index is 1.51. The van der Waals surface area contributed by atoms with Crippen molar-refractivity contribution >= 4 is 21.1 Å². The minimum atomic E-state index is -3.80. The summed E-state index contributed by atoms with van der Waals surface area (Å²) in [6.45, 7) is 1.69. The van der Waals surface area contributed by atoms with Crippen LogP contribution in [-0.2, 0) is 21.8 Å². The summed E-state index contributed by atoms with van der Waals surface area (Å²) >= 11 is 0. The van der Waals surface area contributed by atoms with Gasteiger partial charge in [0.1, 0.15) is 0 Å². The molecule has 1 aliphatic carbocycles. The largest absolute Gasteiger partial charge is 0.383 e. The monoisotopic (exact) mass is 507 g/mol. The van der Waals surface area contributed by atoms with Gasteiger partial charge in [0.25, 0.3) is 10.0 Å². The van der Waals surface area contributed by atoms with E-state index in [-0.39, 0.29) is 4.90 Å². The molecule has 36 heavy (non-hydrogen) atoms. The summed E-state index contributed by atoms with van der Waals surface area (Å²) in [5.74, 6) is 0.407. The molecule has 5 rings (SSSR count). The number of ether oxygens (including phenoxy) is 1. The topological polar surface area (TPSA) is 82.2 Å². The van der Waals surface area contributed by atoms with Crippen LogP contribution in [0.15, 0.2) is 66.1 Å². The molecule has 0 atom stereocenters. The molecule has 9 heteroatoms. The minimum Gasteiger partial charge on any atom is -0.383 e. The van der Waals surface area contributed by atoms with Crippen LogP contribution in [0.4, 0.5) is 0 Å². The Labute approximate surface area is 212 Å². The van der Waals surface area contributed by atoms with E-state index in [2.05, 4.69) is 23.1 Å². The number of benzene rings is 1. The van der Waals surface area contributed by atoms with Gasteiger partial charge in [-0.25, -0.2) is 17.4 Å². The molecular formula is C27H33N5O3S. The molecule has 0 amide bonds. The quantitative estimate of drug-likeness (QED) is 0.354. The van der Waals surface area contributed by atoms with E-state index < -0.39 is 10.0 Å². The number of hydrogen-bond acceptors (Lipinski definition) is 6. The molecule has 0 saturated heterocycles. The van der Waals surface area contributed by atoms with Crippen molar-refractivity contribution in [1.29, 1.82) is 0 Å². The summed E-state index contributed by atoms with van der Waals surface area (Å²) in [6.07, 6.45) is 11.6. The lowest BCUT2D eigenvalue weighted by molar-refractivity contribution is 0.120. The fourth-order valence-electron chi connectivity index (χ4n) is 5.27. The highest BCUT2D eigenvalue weighted by molar-refractivity contribution is 7.90. The molecule has 1 aliphatic rings. The van der Waals surface area contributed by atoms with Gasteiger partial charge in [0.2, 0.25) is 0 Å². The molecule has 0 bridgehead atoms. The minimum absolute atomic E-state index is 0.237. The maximum Gasteiger partial charge on any atom is 0.269 e. The summed E-state index contributed by atoms with van der Waals surface area (Å²) in [4.78, 5) is 7.36. The molecule has 1 fully saturated rings. The Morgan fingerprint density at radius 3 is 2.50 bits per heavy atom. The molecule has 0 radical (unpaired) electrons. The highest BCUT2D eigenvalue weighted by atomic mass is 32.2. The van der Waals surface area contributed by atoms with Gasteiger partial charge in [0.05, 0.1) is 17.7 Å². The zero-order valence-corrected chi connectivity index (χ0v) is 21.9. The van der Waals surface area contributed by atoms with E-state index in [0.29, 0.717) is 17.6 Å². The first-order valence-electron chi connectivity index (χ1n) is 12.4. The van der Waals surface area contributed by atoms with Gasteiger partial charge in [-0.1, -0.05) is 18.2 Å². The van der Waals surface area contributed by atoms with Crippen LogP contribution >= 0.6 is 0 Å². The number of pyridine rings is 1. The van der Waals surface area contributed by atoms with Gasteiger partial charge in [-0.15, -0.1) is 0 Å². The first kappa shape index (κ1) is 24.7. The van der Waals surface area contributed by atoms with Gasteiger partial charge in [0, 0.05) is 61.8 Å². The van der Waals surface area contributed by atoms with Gasteiger partial charge in [0.15, 0.2) is 5.65 Å². The zero-order valence-electron chi connectivity index (χ0n) is 21.0. The number of likely N-dealkylation sites (N-methyl/N-ethyl adjacent to an activating group) is 1. The molecule has 8 nitrogen and oxygen atoms in total. The van der Waals surface area contributed by atoms with Gasteiger partial charge < -0.3 is 9.64 Å². The third-order valence-electron chi connectivity index (χ3n) is 7.39. The summed E-state index contributed by atoms with van der Waals surface area (Å²) in [5, 5.41) is 5.14. The van der Waals surface area contributed by atoms with Crippen LogP contribution in [0.3, 0.4) is 0 Å². The molecule has 0 aliphatic heterocycles. The highest BCUT2D eigenvalue weighted by Crippen LogP contribution is 2.38. The van der Waals surface area contributed by atoms with Crippen LogP contribution in [0, 0.1) is 0 Å². The van der Waals surface area contributed by atoms with Crippen LogP contribution in [0.5, 0.6) is 0 Å². The lowest BCUT2D eigenvalue weighted by Gasteiger charge is -2.34. The lowest BCUT2D eigenvalue weighted by Crippen LogP contribution is -2.36. The molecule has 1 saturated carbocycles. The maximum absolute atomic E-state index is 13.5. The molecule has 190 valence electrons. The van der Waals surface area contributed by atoms with Gasteiger partial charge >= 0.3 is 0 Å².